The van der Waals surface area contributed by atoms with Crippen LogP contribution in [0, 0.1) is 0 Å². The normalized spacial score (nSPS) is 10.2. The van der Waals surface area contributed by atoms with E-state index in [0.717, 1.165) is 5.56 Å². The second-order valence-corrected chi connectivity index (χ2v) is 4.59. The fourth-order valence-electron chi connectivity index (χ4n) is 1.90. The first kappa shape index (κ1) is 14.6. The van der Waals surface area contributed by atoms with Crippen molar-refractivity contribution in [3.63, 3.8) is 0 Å². The average molecular weight is 288 g/mol. The lowest BCUT2D eigenvalue weighted by Gasteiger charge is -2.16. The number of amides is 2. The molecule has 0 unspecified atom stereocenters. The van der Waals surface area contributed by atoms with Crippen LogP contribution in [0.4, 0.5) is 0 Å². The van der Waals surface area contributed by atoms with Gasteiger partial charge in [0.1, 0.15) is 5.69 Å². The zero-order chi connectivity index (χ0) is 15.4. The van der Waals surface area contributed by atoms with Crippen LogP contribution in [0.25, 0.3) is 0 Å². The Labute approximate surface area is 121 Å². The van der Waals surface area contributed by atoms with Gasteiger partial charge in [-0.1, -0.05) is 12.1 Å². The van der Waals surface area contributed by atoms with Gasteiger partial charge in [-0.3, -0.25) is 9.59 Å². The van der Waals surface area contributed by atoms with E-state index >= 15 is 0 Å². The van der Waals surface area contributed by atoms with Gasteiger partial charge in [-0.2, -0.15) is 0 Å². The highest BCUT2D eigenvalue weighted by Crippen LogP contribution is 2.08. The number of imidazole rings is 1. The summed E-state index contributed by atoms with van der Waals surface area (Å²) in [7, 11) is 3.21. The molecule has 7 heteroatoms. The molecule has 2 amide bonds. The van der Waals surface area contributed by atoms with E-state index in [2.05, 4.69) is 15.3 Å². The third kappa shape index (κ3) is 3.38. The number of carbonyl (C=O) groups is 2. The molecule has 1 heterocycles. The summed E-state index contributed by atoms with van der Waals surface area (Å²) in [6.45, 7) is 0.375. The fourth-order valence-corrected chi connectivity index (χ4v) is 1.90. The molecule has 0 spiro atoms. The first-order valence-electron chi connectivity index (χ1n) is 6.35. The van der Waals surface area contributed by atoms with Crippen LogP contribution in [0.5, 0.6) is 0 Å². The minimum atomic E-state index is -0.415. The van der Waals surface area contributed by atoms with Gasteiger partial charge in [0.05, 0.1) is 0 Å². The molecule has 110 valence electrons. The van der Waals surface area contributed by atoms with Crippen molar-refractivity contribution >= 4 is 11.8 Å². The number of aromatic nitrogens is 2. The second kappa shape index (κ2) is 6.08. The number of rotatable bonds is 4. The van der Waals surface area contributed by atoms with Crippen LogP contribution in [0.1, 0.15) is 26.4 Å². The molecule has 0 atom stereocenters. The van der Waals surface area contributed by atoms with Crippen molar-refractivity contribution < 1.29 is 9.59 Å². The summed E-state index contributed by atoms with van der Waals surface area (Å²) in [4.78, 5) is 40.8. The molecule has 1 aromatic heterocycles. The number of aromatic amines is 2. The van der Waals surface area contributed by atoms with Crippen LogP contribution in [0.15, 0.2) is 35.3 Å². The molecule has 2 rings (SSSR count). The Balaban J connectivity index is 2.05. The molecule has 0 saturated carbocycles. The van der Waals surface area contributed by atoms with Crippen LogP contribution in [0.3, 0.4) is 0 Å². The number of hydrogen-bond acceptors (Lipinski definition) is 3. The fraction of sp³-hybridized carbons (Fsp3) is 0.214. The number of hydrogen-bond donors (Lipinski definition) is 3. The summed E-state index contributed by atoms with van der Waals surface area (Å²) in [5, 5.41) is 2.54. The largest absolute Gasteiger partial charge is 0.355 e. The smallest absolute Gasteiger partial charge is 0.323 e. The van der Waals surface area contributed by atoms with E-state index in [1.165, 1.54) is 11.1 Å². The van der Waals surface area contributed by atoms with Crippen molar-refractivity contribution in [1.29, 1.82) is 0 Å². The van der Waals surface area contributed by atoms with E-state index in [0.29, 0.717) is 12.1 Å². The van der Waals surface area contributed by atoms with Gasteiger partial charge in [0.25, 0.3) is 11.8 Å². The van der Waals surface area contributed by atoms with Gasteiger partial charge >= 0.3 is 5.69 Å². The molecular weight excluding hydrogens is 272 g/mol. The first-order chi connectivity index (χ1) is 10.0. The van der Waals surface area contributed by atoms with E-state index in [-0.39, 0.29) is 17.5 Å². The SMILES string of the molecule is CNC(=O)c1ccc(CN(C)C(=O)c2c[nH]c(=O)[nH]2)cc1. The standard InChI is InChI=1S/C14H16N4O3/c1-15-12(19)10-5-3-9(4-6-10)8-18(2)13(20)11-7-16-14(21)17-11/h3-7H,8H2,1-2H3,(H,15,19)(H2,16,17,21). The quantitative estimate of drug-likeness (QED) is 0.756. The predicted octanol–water partition coefficient (Wildman–Crippen LogP) is 0.335. The van der Waals surface area contributed by atoms with Crippen LogP contribution >= 0.6 is 0 Å². The third-order valence-electron chi connectivity index (χ3n) is 3.04. The zero-order valence-electron chi connectivity index (χ0n) is 11.8. The minimum Gasteiger partial charge on any atom is -0.355 e. The van der Waals surface area contributed by atoms with Gasteiger partial charge < -0.3 is 20.2 Å². The molecule has 0 aliphatic carbocycles. The molecule has 21 heavy (non-hydrogen) atoms. The number of nitrogens with zero attached hydrogens (tertiary/aromatic N) is 1. The van der Waals surface area contributed by atoms with Crippen LogP contribution in [-0.4, -0.2) is 40.8 Å². The van der Waals surface area contributed by atoms with Crippen molar-refractivity contribution in [2.24, 2.45) is 0 Å². The van der Waals surface area contributed by atoms with Crippen molar-refractivity contribution in [3.8, 4) is 0 Å². The molecule has 3 N–H and O–H groups in total. The molecule has 0 aliphatic rings. The molecule has 1 aromatic carbocycles. The second-order valence-electron chi connectivity index (χ2n) is 4.59. The van der Waals surface area contributed by atoms with Crippen LogP contribution < -0.4 is 11.0 Å². The van der Waals surface area contributed by atoms with Gasteiger partial charge in [-0.15, -0.1) is 0 Å². The maximum absolute atomic E-state index is 12.1. The average Bonchev–Trinajstić information content (AvgIpc) is 2.93. The van der Waals surface area contributed by atoms with Crippen molar-refractivity contribution in [2.75, 3.05) is 14.1 Å². The molecule has 0 aliphatic heterocycles. The Morgan fingerprint density at radius 3 is 2.43 bits per heavy atom. The lowest BCUT2D eigenvalue weighted by atomic mass is 10.1. The topological polar surface area (TPSA) is 98.1 Å². The number of nitrogens with one attached hydrogen (secondary N) is 3. The summed E-state index contributed by atoms with van der Waals surface area (Å²) in [5.41, 5.74) is 1.24. The summed E-state index contributed by atoms with van der Waals surface area (Å²) < 4.78 is 0. The lowest BCUT2D eigenvalue weighted by molar-refractivity contribution is 0.0779. The van der Waals surface area contributed by atoms with Crippen molar-refractivity contribution in [1.82, 2.24) is 20.2 Å². The molecule has 7 nitrogen and oxygen atoms in total. The summed E-state index contributed by atoms with van der Waals surface area (Å²) in [6, 6.07) is 6.97. The van der Waals surface area contributed by atoms with E-state index < -0.39 is 5.69 Å². The molecular formula is C14H16N4O3. The van der Waals surface area contributed by atoms with Gasteiger partial charge in [0.15, 0.2) is 0 Å². The minimum absolute atomic E-state index is 0.157. The Morgan fingerprint density at radius 1 is 1.24 bits per heavy atom. The van der Waals surface area contributed by atoms with Crippen molar-refractivity contribution in [2.45, 2.75) is 6.54 Å². The first-order valence-corrected chi connectivity index (χ1v) is 6.35. The number of carbonyl (C=O) groups excluding carboxylic acids is 2. The maximum atomic E-state index is 12.1. The lowest BCUT2D eigenvalue weighted by Crippen LogP contribution is -2.27. The highest BCUT2D eigenvalue weighted by molar-refractivity contribution is 5.94. The molecule has 0 fully saturated rings. The zero-order valence-corrected chi connectivity index (χ0v) is 11.8. The molecule has 0 radical (unpaired) electrons. The maximum Gasteiger partial charge on any atom is 0.323 e. The van der Waals surface area contributed by atoms with E-state index in [1.54, 1.807) is 38.4 Å². The van der Waals surface area contributed by atoms with Gasteiger partial charge in [-0.05, 0) is 17.7 Å². The van der Waals surface area contributed by atoms with Gasteiger partial charge in [0.2, 0.25) is 0 Å². The predicted molar refractivity (Wildman–Crippen MR) is 77.0 cm³/mol. The van der Waals surface area contributed by atoms with Crippen LogP contribution in [0.2, 0.25) is 0 Å². The third-order valence-corrected chi connectivity index (χ3v) is 3.04. The molecule has 2 aromatic rings. The Kier molecular flexibility index (Phi) is 4.22. The molecule has 0 saturated heterocycles. The Morgan fingerprint density at radius 2 is 1.90 bits per heavy atom. The van der Waals surface area contributed by atoms with Gasteiger partial charge in [-0.25, -0.2) is 4.79 Å². The van der Waals surface area contributed by atoms with E-state index in [4.69, 9.17) is 0 Å². The highest BCUT2D eigenvalue weighted by atomic mass is 16.2. The summed E-state index contributed by atoms with van der Waals surface area (Å²) >= 11 is 0. The monoisotopic (exact) mass is 288 g/mol. The van der Waals surface area contributed by atoms with Crippen molar-refractivity contribution in [3.05, 3.63) is 57.8 Å². The van der Waals surface area contributed by atoms with E-state index in [9.17, 15) is 14.4 Å². The summed E-state index contributed by atoms with van der Waals surface area (Å²) in [6.07, 6.45) is 1.34. The Bertz CT molecular complexity index is 700. The van der Waals surface area contributed by atoms with Gasteiger partial charge in [0, 0.05) is 32.4 Å². The molecule has 0 bridgehead atoms. The number of benzene rings is 1. The van der Waals surface area contributed by atoms with E-state index in [1.807, 2.05) is 0 Å². The highest BCUT2D eigenvalue weighted by Gasteiger charge is 2.14. The number of H-pyrrole nitrogens is 2. The summed E-state index contributed by atoms with van der Waals surface area (Å²) in [5.74, 6) is -0.445. The van der Waals surface area contributed by atoms with Crippen LogP contribution in [-0.2, 0) is 6.54 Å². The Hall–Kier alpha value is -2.83.